The molecular weight excluding hydrogens is 395 g/mol. The quantitative estimate of drug-likeness (QED) is 0.611. The highest BCUT2D eigenvalue weighted by atomic mass is 35.5. The lowest BCUT2D eigenvalue weighted by Crippen LogP contribution is -2.27. The third-order valence-corrected chi connectivity index (χ3v) is 5.46. The molecule has 0 bridgehead atoms. The normalized spacial score (nSPS) is 15.2. The van der Waals surface area contributed by atoms with E-state index in [1.807, 2.05) is 7.05 Å². The molecule has 2 aromatic rings. The predicted molar refractivity (Wildman–Crippen MR) is 100 cm³/mol. The maximum atomic E-state index is 12.7. The van der Waals surface area contributed by atoms with E-state index in [2.05, 4.69) is 4.74 Å². The summed E-state index contributed by atoms with van der Waals surface area (Å²) < 4.78 is 31.7. The first kappa shape index (κ1) is 20.3. The number of aromatic nitrogens is 1. The van der Waals surface area contributed by atoms with Crippen molar-refractivity contribution in [3.05, 3.63) is 57.3 Å². The third kappa shape index (κ3) is 5.53. The zero-order valence-electron chi connectivity index (χ0n) is 15.0. The Labute approximate surface area is 167 Å². The van der Waals surface area contributed by atoms with Crippen molar-refractivity contribution in [3.8, 4) is 5.75 Å². The van der Waals surface area contributed by atoms with E-state index in [9.17, 15) is 13.9 Å². The molecule has 0 radical (unpaired) electrons. The van der Waals surface area contributed by atoms with Crippen LogP contribution in [0.5, 0.6) is 5.75 Å². The van der Waals surface area contributed by atoms with Crippen LogP contribution < -0.4 is 9.30 Å². The highest BCUT2D eigenvalue weighted by molar-refractivity contribution is 6.35. The number of ether oxygens (including phenoxy) is 1. The number of halogens is 4. The fourth-order valence-electron chi connectivity index (χ4n) is 3.15. The number of hydrogen-bond donors (Lipinski definition) is 1. The van der Waals surface area contributed by atoms with Crippen molar-refractivity contribution in [1.29, 1.82) is 0 Å². The largest absolute Gasteiger partial charge is 0.435 e. The van der Waals surface area contributed by atoms with Gasteiger partial charge in [0.15, 0.2) is 12.4 Å². The third-order valence-electron chi connectivity index (χ3n) is 4.81. The van der Waals surface area contributed by atoms with Crippen molar-refractivity contribution in [3.63, 3.8) is 0 Å². The Kier molecular flexibility index (Phi) is 6.56. The van der Waals surface area contributed by atoms with Gasteiger partial charge in [-0.25, -0.2) is 4.57 Å². The maximum Gasteiger partial charge on any atom is 0.387 e. The number of aliphatic hydroxyl groups excluding tert-OH is 1. The number of rotatable bonds is 8. The Balaban J connectivity index is 1.81. The minimum atomic E-state index is -2.87. The Morgan fingerprint density at radius 2 is 1.89 bits per heavy atom. The fourth-order valence-corrected chi connectivity index (χ4v) is 3.86. The summed E-state index contributed by atoms with van der Waals surface area (Å²) in [5.74, 6) is 0.838. The van der Waals surface area contributed by atoms with Crippen LogP contribution in [-0.4, -0.2) is 11.7 Å². The van der Waals surface area contributed by atoms with Gasteiger partial charge in [0.2, 0.25) is 0 Å². The smallest absolute Gasteiger partial charge is 0.387 e. The minimum absolute atomic E-state index is 0.171. The SMILES string of the molecule is C[n+]1cc(Cl)c(CC(O)c2ccc(OC(F)F)c(CCC3CC3)c2)c(Cl)c1. The first-order valence-electron chi connectivity index (χ1n) is 8.92. The number of hydrogen-bond acceptors (Lipinski definition) is 2. The number of pyridine rings is 1. The van der Waals surface area contributed by atoms with Gasteiger partial charge in [0.25, 0.3) is 0 Å². The molecule has 3 nitrogen and oxygen atoms in total. The Hall–Kier alpha value is -1.43. The Morgan fingerprint density at radius 3 is 2.48 bits per heavy atom. The molecule has 0 amide bonds. The molecule has 27 heavy (non-hydrogen) atoms. The summed E-state index contributed by atoms with van der Waals surface area (Å²) in [5, 5.41) is 11.6. The molecule has 0 aliphatic heterocycles. The monoisotopic (exact) mass is 416 g/mol. The molecule has 1 aliphatic carbocycles. The van der Waals surface area contributed by atoms with Gasteiger partial charge in [-0.05, 0) is 42.0 Å². The second-order valence-corrected chi connectivity index (χ2v) is 7.86. The molecule has 0 saturated heterocycles. The van der Waals surface area contributed by atoms with E-state index in [-0.39, 0.29) is 12.2 Å². The van der Waals surface area contributed by atoms with E-state index in [0.717, 1.165) is 6.42 Å². The summed E-state index contributed by atoms with van der Waals surface area (Å²) in [6.45, 7) is -2.87. The summed E-state index contributed by atoms with van der Waals surface area (Å²) >= 11 is 12.5. The molecule has 0 spiro atoms. The average molecular weight is 417 g/mol. The summed E-state index contributed by atoms with van der Waals surface area (Å²) in [6.07, 6.45) is 6.78. The lowest BCUT2D eigenvalue weighted by Gasteiger charge is -2.16. The van der Waals surface area contributed by atoms with Gasteiger partial charge in [-0.3, -0.25) is 0 Å². The fraction of sp³-hybridized carbons (Fsp3) is 0.450. The van der Waals surface area contributed by atoms with Crippen molar-refractivity contribution >= 4 is 23.2 Å². The van der Waals surface area contributed by atoms with Gasteiger partial charge in [0, 0.05) is 12.0 Å². The molecule has 1 aromatic heterocycles. The van der Waals surface area contributed by atoms with Gasteiger partial charge in [-0.1, -0.05) is 42.1 Å². The molecule has 1 saturated carbocycles. The van der Waals surface area contributed by atoms with Crippen LogP contribution in [0.2, 0.25) is 10.0 Å². The van der Waals surface area contributed by atoms with Crippen LogP contribution in [0.1, 0.15) is 42.1 Å². The molecule has 1 atom stereocenters. The van der Waals surface area contributed by atoms with Gasteiger partial charge in [-0.2, -0.15) is 8.78 Å². The molecule has 7 heteroatoms. The number of aryl methyl sites for hydroxylation is 2. The number of alkyl halides is 2. The number of nitrogens with zero attached hydrogens (tertiary/aromatic N) is 1. The van der Waals surface area contributed by atoms with Crippen molar-refractivity contribution in [2.75, 3.05) is 0 Å². The molecule has 1 heterocycles. The second-order valence-electron chi connectivity index (χ2n) is 7.05. The summed E-state index contributed by atoms with van der Waals surface area (Å²) in [4.78, 5) is 0. The first-order valence-corrected chi connectivity index (χ1v) is 9.68. The topological polar surface area (TPSA) is 33.3 Å². The van der Waals surface area contributed by atoms with E-state index in [1.165, 1.54) is 18.9 Å². The number of aliphatic hydroxyl groups is 1. The highest BCUT2D eigenvalue weighted by Gasteiger charge is 2.23. The van der Waals surface area contributed by atoms with Gasteiger partial charge >= 0.3 is 6.61 Å². The van der Waals surface area contributed by atoms with Crippen LogP contribution in [-0.2, 0) is 19.9 Å². The summed E-state index contributed by atoms with van der Waals surface area (Å²) in [7, 11) is 1.81. The second kappa shape index (κ2) is 8.72. The van der Waals surface area contributed by atoms with E-state index in [4.69, 9.17) is 23.2 Å². The lowest BCUT2D eigenvalue weighted by molar-refractivity contribution is -0.671. The lowest BCUT2D eigenvalue weighted by atomic mass is 9.97. The summed E-state index contributed by atoms with van der Waals surface area (Å²) in [5.41, 5.74) is 1.97. The van der Waals surface area contributed by atoms with Crippen LogP contribution in [0.15, 0.2) is 30.6 Å². The van der Waals surface area contributed by atoms with Crippen LogP contribution in [0.25, 0.3) is 0 Å². The molecule has 1 N–H and O–H groups in total. The van der Waals surface area contributed by atoms with Crippen molar-refractivity contribution in [1.82, 2.24) is 0 Å². The predicted octanol–water partition coefficient (Wildman–Crippen LogP) is 5.04. The molecule has 1 unspecified atom stereocenters. The molecular formula is C20H22Cl2F2NO2+. The van der Waals surface area contributed by atoms with Crippen molar-refractivity contribution in [2.45, 2.75) is 44.8 Å². The molecule has 1 fully saturated rings. The maximum absolute atomic E-state index is 12.7. The van der Waals surface area contributed by atoms with Gasteiger partial charge in [0.05, 0.1) is 6.10 Å². The highest BCUT2D eigenvalue weighted by Crippen LogP contribution is 2.36. The summed E-state index contributed by atoms with van der Waals surface area (Å²) in [6, 6.07) is 4.85. The van der Waals surface area contributed by atoms with Gasteiger partial charge in [0.1, 0.15) is 22.8 Å². The Bertz CT molecular complexity index is 790. The van der Waals surface area contributed by atoms with E-state index in [0.29, 0.717) is 39.1 Å². The van der Waals surface area contributed by atoms with Crippen LogP contribution in [0, 0.1) is 5.92 Å². The molecule has 1 aliphatic rings. The first-order chi connectivity index (χ1) is 12.8. The van der Waals surface area contributed by atoms with Crippen LogP contribution >= 0.6 is 23.2 Å². The van der Waals surface area contributed by atoms with Crippen molar-refractivity contribution in [2.24, 2.45) is 13.0 Å². The molecule has 1 aromatic carbocycles. The van der Waals surface area contributed by atoms with Gasteiger partial charge < -0.3 is 9.84 Å². The molecule has 3 rings (SSSR count). The standard InChI is InChI=1S/C20H22Cl2F2NO2/c1-25-10-16(21)15(17(22)11-25)9-18(26)13-6-7-19(27-20(23)24)14(8-13)5-4-12-2-3-12/h6-8,10-12,18,20,26H,2-5,9H2,1H3/q+1. The van der Waals surface area contributed by atoms with Crippen LogP contribution in [0.3, 0.4) is 0 Å². The average Bonchev–Trinajstić information content (AvgIpc) is 3.40. The van der Waals surface area contributed by atoms with E-state index in [1.54, 1.807) is 29.1 Å². The Morgan fingerprint density at radius 1 is 1.22 bits per heavy atom. The van der Waals surface area contributed by atoms with Gasteiger partial charge in [-0.15, -0.1) is 0 Å². The van der Waals surface area contributed by atoms with Crippen molar-refractivity contribution < 1.29 is 23.2 Å². The minimum Gasteiger partial charge on any atom is -0.435 e. The van der Waals surface area contributed by atoms with Crippen LogP contribution in [0.4, 0.5) is 8.78 Å². The zero-order chi connectivity index (χ0) is 19.6. The number of benzene rings is 1. The van der Waals surface area contributed by atoms with E-state index < -0.39 is 12.7 Å². The zero-order valence-corrected chi connectivity index (χ0v) is 16.5. The molecule has 146 valence electrons. The van der Waals surface area contributed by atoms with E-state index >= 15 is 0 Å².